The van der Waals surface area contributed by atoms with Gasteiger partial charge in [-0.05, 0) is 67.9 Å². The number of benzene rings is 1. The van der Waals surface area contributed by atoms with Crippen molar-refractivity contribution in [2.75, 3.05) is 13.1 Å². The van der Waals surface area contributed by atoms with E-state index in [0.717, 1.165) is 38.2 Å². The first kappa shape index (κ1) is 20.8. The molecule has 2 aromatic heterocycles. The maximum atomic E-state index is 13.3. The van der Waals surface area contributed by atoms with Crippen LogP contribution >= 0.6 is 11.3 Å². The van der Waals surface area contributed by atoms with Crippen molar-refractivity contribution in [1.29, 1.82) is 0 Å². The fourth-order valence-electron chi connectivity index (χ4n) is 4.26. The van der Waals surface area contributed by atoms with Crippen LogP contribution in [0.1, 0.15) is 31.5 Å². The van der Waals surface area contributed by atoms with Gasteiger partial charge in [0.25, 0.3) is 0 Å². The summed E-state index contributed by atoms with van der Waals surface area (Å²) >= 11 is 1.75. The Hall–Kier alpha value is -2.50. The van der Waals surface area contributed by atoms with Gasteiger partial charge in [0, 0.05) is 30.2 Å². The van der Waals surface area contributed by atoms with E-state index in [-0.39, 0.29) is 11.9 Å². The van der Waals surface area contributed by atoms with Crippen molar-refractivity contribution in [3.05, 3.63) is 77.4 Å². The van der Waals surface area contributed by atoms with Gasteiger partial charge in [0.2, 0.25) is 5.91 Å². The van der Waals surface area contributed by atoms with E-state index in [1.165, 1.54) is 16.0 Å². The van der Waals surface area contributed by atoms with Gasteiger partial charge in [0.05, 0.1) is 11.1 Å². The molecule has 1 amide bonds. The number of hydrogen-bond donors (Lipinski definition) is 1. The van der Waals surface area contributed by atoms with E-state index in [2.05, 4.69) is 63.0 Å². The molecule has 0 unspecified atom stereocenters. The van der Waals surface area contributed by atoms with Crippen molar-refractivity contribution < 1.29 is 4.79 Å². The molecule has 4 nitrogen and oxygen atoms in total. The summed E-state index contributed by atoms with van der Waals surface area (Å²) in [4.78, 5) is 21.4. The summed E-state index contributed by atoms with van der Waals surface area (Å²) in [6.45, 7) is 6.52. The number of pyridine rings is 1. The van der Waals surface area contributed by atoms with Crippen LogP contribution in [0.3, 0.4) is 0 Å². The van der Waals surface area contributed by atoms with E-state index in [9.17, 15) is 4.79 Å². The molecule has 4 rings (SSSR count). The molecule has 0 aliphatic carbocycles. The quantitative estimate of drug-likeness (QED) is 0.600. The highest BCUT2D eigenvalue weighted by molar-refractivity contribution is 7.13. The lowest BCUT2D eigenvalue weighted by molar-refractivity contribution is -0.131. The third kappa shape index (κ3) is 4.79. The molecule has 0 spiro atoms. The van der Waals surface area contributed by atoms with Crippen LogP contribution in [0.2, 0.25) is 0 Å². The molecule has 1 N–H and O–H groups in total. The van der Waals surface area contributed by atoms with Gasteiger partial charge in [0.15, 0.2) is 0 Å². The molecule has 3 aromatic rings. The Balaban J connectivity index is 1.52. The largest absolute Gasteiger partial charge is 0.353 e. The molecule has 0 bridgehead atoms. The van der Waals surface area contributed by atoms with Crippen LogP contribution in [0.4, 0.5) is 0 Å². The monoisotopic (exact) mass is 419 g/mol. The van der Waals surface area contributed by atoms with Gasteiger partial charge in [-0.25, -0.2) is 0 Å². The molecule has 0 saturated carbocycles. The van der Waals surface area contributed by atoms with Gasteiger partial charge in [-0.3, -0.25) is 14.7 Å². The Bertz CT molecular complexity index is 954. The lowest BCUT2D eigenvalue weighted by Crippen LogP contribution is -2.46. The topological polar surface area (TPSA) is 45.2 Å². The van der Waals surface area contributed by atoms with E-state index in [1.807, 2.05) is 32.2 Å². The molecular weight excluding hydrogens is 390 g/mol. The van der Waals surface area contributed by atoms with Crippen LogP contribution < -0.4 is 5.32 Å². The summed E-state index contributed by atoms with van der Waals surface area (Å²) in [5.74, 6) is 0.170. The number of amides is 1. The number of likely N-dealkylation sites (tertiary alicyclic amines) is 1. The minimum absolute atomic E-state index is 0.139. The van der Waals surface area contributed by atoms with Gasteiger partial charge in [0.1, 0.15) is 0 Å². The highest BCUT2D eigenvalue weighted by Crippen LogP contribution is 2.36. The average Bonchev–Trinajstić information content (AvgIpc) is 3.40. The average molecular weight is 420 g/mol. The van der Waals surface area contributed by atoms with Crippen LogP contribution in [0.15, 0.2) is 66.2 Å². The molecule has 3 heterocycles. The Morgan fingerprint density at radius 2 is 2.00 bits per heavy atom. The van der Waals surface area contributed by atoms with Crippen LogP contribution in [-0.4, -0.2) is 34.9 Å². The van der Waals surface area contributed by atoms with Crippen LogP contribution in [0.5, 0.6) is 0 Å². The van der Waals surface area contributed by atoms with Crippen molar-refractivity contribution in [2.24, 2.45) is 5.41 Å². The lowest BCUT2D eigenvalue weighted by Gasteiger charge is -2.29. The van der Waals surface area contributed by atoms with E-state index in [4.69, 9.17) is 0 Å². The Kier molecular flexibility index (Phi) is 6.30. The first-order valence-corrected chi connectivity index (χ1v) is 11.5. The van der Waals surface area contributed by atoms with E-state index in [0.29, 0.717) is 0 Å². The van der Waals surface area contributed by atoms with Gasteiger partial charge in [-0.15, -0.1) is 11.3 Å². The number of nitrogens with zero attached hydrogens (tertiary/aromatic N) is 2. The second-order valence-electron chi connectivity index (χ2n) is 8.54. The summed E-state index contributed by atoms with van der Waals surface area (Å²) in [6.07, 6.45) is 3.46. The molecular formula is C25H29N3OS. The maximum Gasteiger partial charge on any atom is 0.228 e. The number of thiophene rings is 1. The van der Waals surface area contributed by atoms with E-state index >= 15 is 0 Å². The summed E-state index contributed by atoms with van der Waals surface area (Å²) in [7, 11) is 0. The zero-order chi connectivity index (χ0) is 21.0. The maximum absolute atomic E-state index is 13.3. The highest BCUT2D eigenvalue weighted by Gasteiger charge is 2.44. The molecule has 1 aliphatic rings. The third-order valence-corrected chi connectivity index (χ3v) is 6.67. The molecule has 30 heavy (non-hydrogen) atoms. The van der Waals surface area contributed by atoms with E-state index in [1.54, 1.807) is 11.3 Å². The molecule has 1 atom stereocenters. The van der Waals surface area contributed by atoms with Gasteiger partial charge >= 0.3 is 0 Å². The SMILES string of the molecule is CC(C)NC(=O)[C@@]1(Cc2ccc(-c3cccs3)cc2)CCN(Cc2ccccn2)C1. The zero-order valence-electron chi connectivity index (χ0n) is 17.7. The molecule has 1 saturated heterocycles. The van der Waals surface area contributed by atoms with Crippen molar-refractivity contribution in [3.8, 4) is 10.4 Å². The highest BCUT2D eigenvalue weighted by atomic mass is 32.1. The fraction of sp³-hybridized carbons (Fsp3) is 0.360. The predicted molar refractivity (Wildman–Crippen MR) is 123 cm³/mol. The first-order valence-electron chi connectivity index (χ1n) is 10.6. The van der Waals surface area contributed by atoms with Gasteiger partial charge in [-0.2, -0.15) is 0 Å². The molecule has 5 heteroatoms. The van der Waals surface area contributed by atoms with Crippen molar-refractivity contribution >= 4 is 17.2 Å². The minimum Gasteiger partial charge on any atom is -0.353 e. The standard InChI is InChI=1S/C25H29N3OS/c1-19(2)27-24(29)25(12-14-28(18-25)17-22-6-3-4-13-26-22)16-20-8-10-21(11-9-20)23-7-5-15-30-23/h3-11,13,15,19H,12,14,16-18H2,1-2H3,(H,27,29)/t25-/m1/s1. The zero-order valence-corrected chi connectivity index (χ0v) is 18.5. The Morgan fingerprint density at radius 1 is 1.17 bits per heavy atom. The summed E-state index contributed by atoms with van der Waals surface area (Å²) in [6, 6.07) is 19.1. The van der Waals surface area contributed by atoms with Gasteiger partial charge in [-0.1, -0.05) is 36.4 Å². The van der Waals surface area contributed by atoms with Gasteiger partial charge < -0.3 is 5.32 Å². The number of rotatable bonds is 7. The molecule has 1 aromatic carbocycles. The molecule has 0 radical (unpaired) electrons. The predicted octanol–water partition coefficient (Wildman–Crippen LogP) is 4.77. The first-order chi connectivity index (χ1) is 14.5. The van der Waals surface area contributed by atoms with Crippen LogP contribution in [-0.2, 0) is 17.8 Å². The fourth-order valence-corrected chi connectivity index (χ4v) is 4.99. The minimum atomic E-state index is -0.399. The molecule has 1 fully saturated rings. The number of carbonyl (C=O) groups excluding carboxylic acids is 1. The summed E-state index contributed by atoms with van der Waals surface area (Å²) in [5.41, 5.74) is 3.10. The number of nitrogens with one attached hydrogen (secondary N) is 1. The smallest absolute Gasteiger partial charge is 0.228 e. The third-order valence-electron chi connectivity index (χ3n) is 5.75. The normalized spacial score (nSPS) is 19.3. The molecule has 156 valence electrons. The van der Waals surface area contributed by atoms with Crippen molar-refractivity contribution in [3.63, 3.8) is 0 Å². The van der Waals surface area contributed by atoms with Crippen LogP contribution in [0, 0.1) is 5.41 Å². The second-order valence-corrected chi connectivity index (χ2v) is 9.49. The lowest BCUT2D eigenvalue weighted by atomic mass is 9.79. The van der Waals surface area contributed by atoms with Crippen molar-refractivity contribution in [2.45, 2.75) is 39.3 Å². The van der Waals surface area contributed by atoms with Crippen molar-refractivity contribution in [1.82, 2.24) is 15.2 Å². The van der Waals surface area contributed by atoms with Crippen LogP contribution in [0.25, 0.3) is 10.4 Å². The Labute approximate surface area is 183 Å². The second kappa shape index (κ2) is 9.11. The number of carbonyl (C=O) groups is 1. The summed E-state index contributed by atoms with van der Waals surface area (Å²) < 4.78 is 0. The Morgan fingerprint density at radius 3 is 2.67 bits per heavy atom. The number of hydrogen-bond acceptors (Lipinski definition) is 4. The number of aromatic nitrogens is 1. The molecule has 1 aliphatic heterocycles. The summed E-state index contributed by atoms with van der Waals surface area (Å²) in [5, 5.41) is 5.28. The van der Waals surface area contributed by atoms with E-state index < -0.39 is 5.41 Å².